The Kier molecular flexibility index (Phi) is 6.52. The molecule has 0 aliphatic heterocycles. The zero-order valence-electron chi connectivity index (χ0n) is 15.9. The minimum atomic E-state index is -1.04. The van der Waals surface area contributed by atoms with E-state index in [1.54, 1.807) is 30.9 Å². The maximum absolute atomic E-state index is 12.9. The Labute approximate surface area is 157 Å². The molecule has 0 atom stereocenters. The Hall–Kier alpha value is -2.22. The molecule has 1 N–H and O–H groups in total. The summed E-state index contributed by atoms with van der Waals surface area (Å²) in [4.78, 5) is 31.7. The number of carbonyl (C=O) groups is 2. The fourth-order valence-corrected chi connectivity index (χ4v) is 3.11. The molecule has 0 aromatic carbocycles. The first-order valence-corrected chi connectivity index (χ1v) is 9.57. The van der Waals surface area contributed by atoms with Gasteiger partial charge in [0.1, 0.15) is 5.54 Å². The summed E-state index contributed by atoms with van der Waals surface area (Å²) in [5, 5.41) is 8.59. The van der Waals surface area contributed by atoms with Crippen LogP contribution in [0.15, 0.2) is 22.0 Å². The molecule has 26 heavy (non-hydrogen) atoms. The maximum atomic E-state index is 12.9. The van der Waals surface area contributed by atoms with Crippen molar-refractivity contribution in [3.63, 3.8) is 0 Å². The van der Waals surface area contributed by atoms with Crippen molar-refractivity contribution in [3.05, 3.63) is 34.1 Å². The molecule has 2 aromatic heterocycles. The number of amides is 2. The summed E-state index contributed by atoms with van der Waals surface area (Å²) < 4.78 is 5.23. The molecule has 0 fully saturated rings. The van der Waals surface area contributed by atoms with Gasteiger partial charge in [-0.2, -0.15) is 4.98 Å². The van der Waals surface area contributed by atoms with E-state index in [2.05, 4.69) is 29.3 Å². The molecule has 142 valence electrons. The summed E-state index contributed by atoms with van der Waals surface area (Å²) in [5.41, 5.74) is -1.04. The predicted molar refractivity (Wildman–Crippen MR) is 99.8 cm³/mol. The molecule has 0 spiro atoms. The standard InChI is InChI=1S/C18H26N4O3S/c1-6-22(11-14-19-15(25-21-14)10-12(2)3)17(24)18(4,5)20-16(23)13-8-7-9-26-13/h7-9,12H,6,10-11H2,1-5H3,(H,20,23). The van der Waals surface area contributed by atoms with E-state index in [-0.39, 0.29) is 18.4 Å². The summed E-state index contributed by atoms with van der Waals surface area (Å²) in [5.74, 6) is 1.01. The van der Waals surface area contributed by atoms with Crippen molar-refractivity contribution >= 4 is 23.2 Å². The van der Waals surface area contributed by atoms with E-state index in [4.69, 9.17) is 4.52 Å². The van der Waals surface area contributed by atoms with Crippen molar-refractivity contribution in [2.45, 2.75) is 53.1 Å². The zero-order chi connectivity index (χ0) is 19.3. The van der Waals surface area contributed by atoms with Crippen LogP contribution in [-0.4, -0.2) is 38.9 Å². The lowest BCUT2D eigenvalue weighted by Gasteiger charge is -2.31. The van der Waals surface area contributed by atoms with Gasteiger partial charge >= 0.3 is 0 Å². The molecule has 2 rings (SSSR count). The van der Waals surface area contributed by atoms with Gasteiger partial charge in [-0.3, -0.25) is 9.59 Å². The first-order valence-electron chi connectivity index (χ1n) is 8.69. The molecule has 8 heteroatoms. The number of thiophene rings is 1. The number of aromatic nitrogens is 2. The highest BCUT2D eigenvalue weighted by atomic mass is 32.1. The third-order valence-corrected chi connectivity index (χ3v) is 4.67. The summed E-state index contributed by atoms with van der Waals surface area (Å²) in [6.07, 6.45) is 0.704. The van der Waals surface area contributed by atoms with E-state index in [0.29, 0.717) is 35.5 Å². The summed E-state index contributed by atoms with van der Waals surface area (Å²) in [7, 11) is 0. The molecule has 2 amide bonds. The monoisotopic (exact) mass is 378 g/mol. The number of rotatable bonds is 8. The van der Waals surface area contributed by atoms with Gasteiger partial charge in [0.15, 0.2) is 5.82 Å². The van der Waals surface area contributed by atoms with Crippen LogP contribution in [0.4, 0.5) is 0 Å². The summed E-state index contributed by atoms with van der Waals surface area (Å²) in [6.45, 7) is 10.1. The molecule has 0 bridgehead atoms. The molecular weight excluding hydrogens is 352 g/mol. The summed E-state index contributed by atoms with van der Waals surface area (Å²) in [6, 6.07) is 3.53. The largest absolute Gasteiger partial charge is 0.339 e. The van der Waals surface area contributed by atoms with Crippen LogP contribution in [0, 0.1) is 5.92 Å². The Bertz CT molecular complexity index is 737. The van der Waals surface area contributed by atoms with E-state index < -0.39 is 5.54 Å². The van der Waals surface area contributed by atoms with Crippen LogP contribution >= 0.6 is 11.3 Å². The molecule has 0 aliphatic rings. The Morgan fingerprint density at radius 2 is 2.12 bits per heavy atom. The van der Waals surface area contributed by atoms with E-state index in [1.807, 2.05) is 12.3 Å². The predicted octanol–water partition coefficient (Wildman–Crippen LogP) is 2.89. The maximum Gasteiger partial charge on any atom is 0.262 e. The van der Waals surface area contributed by atoms with Crippen LogP contribution in [0.5, 0.6) is 0 Å². The second kappa shape index (κ2) is 8.44. The molecule has 0 aliphatic carbocycles. The Balaban J connectivity index is 2.04. The number of likely N-dealkylation sites (N-methyl/N-ethyl adjacent to an activating group) is 1. The van der Waals surface area contributed by atoms with Gasteiger partial charge in [-0.05, 0) is 38.1 Å². The van der Waals surface area contributed by atoms with E-state index in [0.717, 1.165) is 0 Å². The Morgan fingerprint density at radius 1 is 1.38 bits per heavy atom. The first-order chi connectivity index (χ1) is 12.2. The highest BCUT2D eigenvalue weighted by Gasteiger charge is 2.34. The van der Waals surface area contributed by atoms with Crippen LogP contribution < -0.4 is 5.32 Å². The highest BCUT2D eigenvalue weighted by molar-refractivity contribution is 7.12. The van der Waals surface area contributed by atoms with Gasteiger partial charge in [-0.25, -0.2) is 0 Å². The number of hydrogen-bond acceptors (Lipinski definition) is 6. The molecule has 0 saturated carbocycles. The van der Waals surface area contributed by atoms with Crippen LogP contribution in [0.1, 0.15) is 56.0 Å². The Morgan fingerprint density at radius 3 is 2.69 bits per heavy atom. The van der Waals surface area contributed by atoms with Crippen LogP contribution in [0.3, 0.4) is 0 Å². The average Bonchev–Trinajstić information content (AvgIpc) is 3.22. The molecule has 0 unspecified atom stereocenters. The fourth-order valence-electron chi connectivity index (χ4n) is 2.49. The van der Waals surface area contributed by atoms with Crippen LogP contribution in [0.25, 0.3) is 0 Å². The lowest BCUT2D eigenvalue weighted by atomic mass is 10.0. The highest BCUT2D eigenvalue weighted by Crippen LogP contribution is 2.15. The number of nitrogens with one attached hydrogen (secondary N) is 1. The van der Waals surface area contributed by atoms with Crippen molar-refractivity contribution in [3.8, 4) is 0 Å². The zero-order valence-corrected chi connectivity index (χ0v) is 16.7. The topological polar surface area (TPSA) is 88.3 Å². The SMILES string of the molecule is CCN(Cc1noc(CC(C)C)n1)C(=O)C(C)(C)NC(=O)c1cccs1. The number of hydrogen-bond donors (Lipinski definition) is 1. The molecular formula is C18H26N4O3S. The smallest absolute Gasteiger partial charge is 0.262 e. The summed E-state index contributed by atoms with van der Waals surface area (Å²) >= 11 is 1.34. The minimum absolute atomic E-state index is 0.194. The van der Waals surface area contributed by atoms with Crippen molar-refractivity contribution < 1.29 is 14.1 Å². The van der Waals surface area contributed by atoms with Gasteiger partial charge in [0.25, 0.3) is 5.91 Å². The van der Waals surface area contributed by atoms with Gasteiger partial charge < -0.3 is 14.7 Å². The molecule has 2 aromatic rings. The van der Waals surface area contributed by atoms with Crippen molar-refractivity contribution in [2.75, 3.05) is 6.54 Å². The third kappa shape index (κ3) is 5.14. The van der Waals surface area contributed by atoms with E-state index >= 15 is 0 Å². The number of carbonyl (C=O) groups excluding carboxylic acids is 2. The van der Waals surface area contributed by atoms with Gasteiger partial charge in [-0.15, -0.1) is 11.3 Å². The number of nitrogens with zero attached hydrogens (tertiary/aromatic N) is 3. The van der Waals surface area contributed by atoms with Crippen molar-refractivity contribution in [1.29, 1.82) is 0 Å². The quantitative estimate of drug-likeness (QED) is 0.763. The second-order valence-electron chi connectivity index (χ2n) is 7.08. The molecule has 2 heterocycles. The van der Waals surface area contributed by atoms with Gasteiger partial charge in [0.2, 0.25) is 11.8 Å². The van der Waals surface area contributed by atoms with Crippen LogP contribution in [-0.2, 0) is 17.8 Å². The fraction of sp³-hybridized carbons (Fsp3) is 0.556. The minimum Gasteiger partial charge on any atom is -0.339 e. The average molecular weight is 378 g/mol. The van der Waals surface area contributed by atoms with E-state index in [1.165, 1.54) is 11.3 Å². The van der Waals surface area contributed by atoms with Gasteiger partial charge in [0.05, 0.1) is 11.4 Å². The molecule has 0 saturated heterocycles. The normalized spacial score (nSPS) is 11.6. The second-order valence-corrected chi connectivity index (χ2v) is 8.03. The van der Waals surface area contributed by atoms with Crippen molar-refractivity contribution in [2.24, 2.45) is 5.92 Å². The van der Waals surface area contributed by atoms with Crippen LogP contribution in [0.2, 0.25) is 0 Å². The lowest BCUT2D eigenvalue weighted by molar-refractivity contribution is -0.137. The van der Waals surface area contributed by atoms with Crippen molar-refractivity contribution in [1.82, 2.24) is 20.4 Å². The van der Waals surface area contributed by atoms with Gasteiger partial charge in [0, 0.05) is 13.0 Å². The third-order valence-electron chi connectivity index (χ3n) is 3.80. The first kappa shape index (κ1) is 20.1. The molecule has 7 nitrogen and oxygen atoms in total. The van der Waals surface area contributed by atoms with E-state index in [9.17, 15) is 9.59 Å². The van der Waals surface area contributed by atoms with Gasteiger partial charge in [-0.1, -0.05) is 25.1 Å². The lowest BCUT2D eigenvalue weighted by Crippen LogP contribution is -2.55. The molecule has 0 radical (unpaired) electrons.